The SMILES string of the molecule is CCOC(OCC)[C@H]1CC[C@@H]2OC(O)C[C@@H]21. The van der Waals surface area contributed by atoms with Crippen LogP contribution in [-0.2, 0) is 14.2 Å². The maximum absolute atomic E-state index is 9.49. The van der Waals surface area contributed by atoms with Crippen LogP contribution in [0.3, 0.4) is 0 Å². The standard InChI is InChI=1S/C12H22O4/c1-3-14-12(15-4-2)8-5-6-10-9(8)7-11(13)16-10/h8-13H,3-7H2,1-2H3/t8-,9+,10-,11?/m0/s1. The topological polar surface area (TPSA) is 47.9 Å². The van der Waals surface area contributed by atoms with E-state index in [0.717, 1.165) is 19.3 Å². The van der Waals surface area contributed by atoms with Crippen molar-refractivity contribution in [1.29, 1.82) is 0 Å². The van der Waals surface area contributed by atoms with Crippen molar-refractivity contribution in [2.45, 2.75) is 51.8 Å². The van der Waals surface area contributed by atoms with Gasteiger partial charge in [-0.15, -0.1) is 0 Å². The Kier molecular flexibility index (Phi) is 4.19. The first-order chi connectivity index (χ1) is 7.76. The minimum absolute atomic E-state index is 0.126. The lowest BCUT2D eigenvalue weighted by Gasteiger charge is -2.27. The highest BCUT2D eigenvalue weighted by Crippen LogP contribution is 2.44. The van der Waals surface area contributed by atoms with Gasteiger partial charge in [-0.1, -0.05) is 0 Å². The van der Waals surface area contributed by atoms with E-state index in [2.05, 4.69) is 0 Å². The van der Waals surface area contributed by atoms with Gasteiger partial charge in [0.15, 0.2) is 12.6 Å². The molecule has 1 saturated carbocycles. The highest BCUT2D eigenvalue weighted by atomic mass is 16.7. The number of fused-ring (bicyclic) bond motifs is 1. The second kappa shape index (κ2) is 5.45. The first-order valence-electron chi connectivity index (χ1n) is 6.33. The smallest absolute Gasteiger partial charge is 0.160 e. The molecule has 16 heavy (non-hydrogen) atoms. The molecule has 2 fully saturated rings. The van der Waals surface area contributed by atoms with E-state index in [1.165, 1.54) is 0 Å². The molecule has 0 amide bonds. The van der Waals surface area contributed by atoms with Crippen LogP contribution in [0.5, 0.6) is 0 Å². The third-order valence-electron chi connectivity index (χ3n) is 3.63. The maximum Gasteiger partial charge on any atom is 0.160 e. The summed E-state index contributed by atoms with van der Waals surface area (Å²) in [6, 6.07) is 0. The number of rotatable bonds is 5. The summed E-state index contributed by atoms with van der Waals surface area (Å²) < 4.78 is 16.8. The van der Waals surface area contributed by atoms with Gasteiger partial charge >= 0.3 is 0 Å². The second-order valence-corrected chi connectivity index (χ2v) is 4.55. The molecule has 1 aliphatic heterocycles. The highest BCUT2D eigenvalue weighted by Gasteiger charge is 2.47. The van der Waals surface area contributed by atoms with Gasteiger partial charge in [-0.2, -0.15) is 0 Å². The Labute approximate surface area is 96.9 Å². The van der Waals surface area contributed by atoms with Crippen molar-refractivity contribution in [3.63, 3.8) is 0 Å². The number of aliphatic hydroxyl groups excluding tert-OH is 1. The summed E-state index contributed by atoms with van der Waals surface area (Å²) in [7, 11) is 0. The minimum Gasteiger partial charge on any atom is -0.368 e. The van der Waals surface area contributed by atoms with Crippen LogP contribution < -0.4 is 0 Å². The van der Waals surface area contributed by atoms with Crippen molar-refractivity contribution >= 4 is 0 Å². The van der Waals surface area contributed by atoms with Crippen LogP contribution in [0.1, 0.15) is 33.1 Å². The predicted molar refractivity (Wildman–Crippen MR) is 58.8 cm³/mol. The van der Waals surface area contributed by atoms with Crippen LogP contribution in [-0.4, -0.2) is 37.0 Å². The highest BCUT2D eigenvalue weighted by molar-refractivity contribution is 4.91. The van der Waals surface area contributed by atoms with Gasteiger partial charge in [-0.25, -0.2) is 0 Å². The Morgan fingerprint density at radius 1 is 1.25 bits per heavy atom. The van der Waals surface area contributed by atoms with Gasteiger partial charge in [0.1, 0.15) is 0 Å². The predicted octanol–water partition coefficient (Wildman–Crippen LogP) is 1.52. The zero-order valence-corrected chi connectivity index (χ0v) is 10.1. The lowest BCUT2D eigenvalue weighted by atomic mass is 9.92. The van der Waals surface area contributed by atoms with Crippen molar-refractivity contribution in [2.24, 2.45) is 11.8 Å². The molecule has 0 aromatic heterocycles. The summed E-state index contributed by atoms with van der Waals surface area (Å²) in [6.45, 7) is 5.31. The van der Waals surface area contributed by atoms with Gasteiger partial charge < -0.3 is 19.3 Å². The molecule has 0 aromatic carbocycles. The van der Waals surface area contributed by atoms with Gasteiger partial charge in [0.25, 0.3) is 0 Å². The molecule has 4 nitrogen and oxygen atoms in total. The molecule has 2 aliphatic rings. The molecule has 1 aliphatic carbocycles. The fourth-order valence-electron chi connectivity index (χ4n) is 3.01. The van der Waals surface area contributed by atoms with E-state index in [0.29, 0.717) is 25.0 Å². The average molecular weight is 230 g/mol. The first-order valence-corrected chi connectivity index (χ1v) is 6.33. The Morgan fingerprint density at radius 2 is 1.94 bits per heavy atom. The zero-order chi connectivity index (χ0) is 11.5. The van der Waals surface area contributed by atoms with Crippen LogP contribution in [0.15, 0.2) is 0 Å². The molecular weight excluding hydrogens is 208 g/mol. The van der Waals surface area contributed by atoms with E-state index in [-0.39, 0.29) is 12.4 Å². The second-order valence-electron chi connectivity index (χ2n) is 4.55. The first kappa shape index (κ1) is 12.3. The van der Waals surface area contributed by atoms with E-state index in [1.807, 2.05) is 13.8 Å². The molecule has 4 atom stereocenters. The maximum atomic E-state index is 9.49. The fourth-order valence-corrected chi connectivity index (χ4v) is 3.01. The summed E-state index contributed by atoms with van der Waals surface area (Å²) in [5, 5.41) is 9.49. The third-order valence-corrected chi connectivity index (χ3v) is 3.63. The van der Waals surface area contributed by atoms with E-state index < -0.39 is 6.29 Å². The normalized spacial score (nSPS) is 38.2. The van der Waals surface area contributed by atoms with E-state index in [4.69, 9.17) is 14.2 Å². The minimum atomic E-state index is -0.582. The van der Waals surface area contributed by atoms with Crippen LogP contribution in [0.4, 0.5) is 0 Å². The number of ether oxygens (including phenoxy) is 3. The number of aliphatic hydroxyl groups is 1. The summed E-state index contributed by atoms with van der Waals surface area (Å²) in [5.41, 5.74) is 0. The molecule has 1 unspecified atom stereocenters. The lowest BCUT2D eigenvalue weighted by Crippen LogP contribution is -2.31. The van der Waals surface area contributed by atoms with Crippen molar-refractivity contribution < 1.29 is 19.3 Å². The molecule has 1 N–H and O–H groups in total. The fraction of sp³-hybridized carbons (Fsp3) is 1.00. The van der Waals surface area contributed by atoms with E-state index in [1.54, 1.807) is 0 Å². The van der Waals surface area contributed by atoms with Crippen LogP contribution in [0.25, 0.3) is 0 Å². The summed E-state index contributed by atoms with van der Waals surface area (Å²) in [5.74, 6) is 0.778. The van der Waals surface area contributed by atoms with Crippen LogP contribution in [0.2, 0.25) is 0 Å². The number of hydrogen-bond donors (Lipinski definition) is 1. The lowest BCUT2D eigenvalue weighted by molar-refractivity contribution is -0.174. The molecule has 0 radical (unpaired) electrons. The third kappa shape index (κ3) is 2.40. The Morgan fingerprint density at radius 3 is 2.56 bits per heavy atom. The van der Waals surface area contributed by atoms with Crippen molar-refractivity contribution in [3.8, 4) is 0 Å². The summed E-state index contributed by atoms with van der Waals surface area (Å²) in [6.07, 6.45) is 2.32. The molecule has 0 bridgehead atoms. The Hall–Kier alpha value is -0.160. The molecule has 94 valence electrons. The van der Waals surface area contributed by atoms with E-state index >= 15 is 0 Å². The Balaban J connectivity index is 1.96. The van der Waals surface area contributed by atoms with E-state index in [9.17, 15) is 5.11 Å². The molecular formula is C12H22O4. The summed E-state index contributed by atoms with van der Waals surface area (Å²) in [4.78, 5) is 0. The molecule has 0 aromatic rings. The molecule has 2 rings (SSSR count). The molecule has 1 heterocycles. The van der Waals surface area contributed by atoms with Gasteiger partial charge in [0.05, 0.1) is 6.10 Å². The van der Waals surface area contributed by atoms with Crippen molar-refractivity contribution in [1.82, 2.24) is 0 Å². The quantitative estimate of drug-likeness (QED) is 0.727. The van der Waals surface area contributed by atoms with Gasteiger partial charge in [0, 0.05) is 25.6 Å². The number of hydrogen-bond acceptors (Lipinski definition) is 4. The van der Waals surface area contributed by atoms with Crippen LogP contribution in [0, 0.1) is 11.8 Å². The molecule has 0 spiro atoms. The average Bonchev–Trinajstić information content (AvgIpc) is 2.76. The molecule has 1 saturated heterocycles. The van der Waals surface area contributed by atoms with Crippen LogP contribution >= 0.6 is 0 Å². The summed E-state index contributed by atoms with van der Waals surface area (Å²) >= 11 is 0. The van der Waals surface area contributed by atoms with Crippen molar-refractivity contribution in [3.05, 3.63) is 0 Å². The Bertz CT molecular complexity index is 215. The van der Waals surface area contributed by atoms with Gasteiger partial charge in [0.2, 0.25) is 0 Å². The molecule has 4 heteroatoms. The van der Waals surface area contributed by atoms with Gasteiger partial charge in [-0.05, 0) is 32.6 Å². The largest absolute Gasteiger partial charge is 0.368 e. The van der Waals surface area contributed by atoms with Crippen molar-refractivity contribution in [2.75, 3.05) is 13.2 Å². The van der Waals surface area contributed by atoms with Gasteiger partial charge in [-0.3, -0.25) is 0 Å². The monoisotopic (exact) mass is 230 g/mol. The zero-order valence-electron chi connectivity index (χ0n) is 10.1.